The van der Waals surface area contributed by atoms with Crippen LogP contribution in [0.1, 0.15) is 46.0 Å². The number of rotatable bonds is 5. The van der Waals surface area contributed by atoms with E-state index in [1.807, 2.05) is 0 Å². The van der Waals surface area contributed by atoms with Gasteiger partial charge >= 0.3 is 12.0 Å². The second kappa shape index (κ2) is 6.59. The number of amides is 2. The van der Waals surface area contributed by atoms with E-state index >= 15 is 0 Å². The van der Waals surface area contributed by atoms with E-state index in [-0.39, 0.29) is 6.03 Å². The van der Waals surface area contributed by atoms with Gasteiger partial charge in [0.2, 0.25) is 0 Å². The number of allylic oxidation sites excluding steroid dienone is 1. The molecule has 1 aliphatic rings. The molecule has 5 heteroatoms. The highest BCUT2D eigenvalue weighted by Gasteiger charge is 2.35. The Labute approximate surface area is 114 Å². The van der Waals surface area contributed by atoms with E-state index in [4.69, 9.17) is 5.11 Å². The molecule has 19 heavy (non-hydrogen) atoms. The van der Waals surface area contributed by atoms with Crippen LogP contribution >= 0.6 is 0 Å². The molecule has 108 valence electrons. The van der Waals surface area contributed by atoms with Crippen molar-refractivity contribution in [2.75, 3.05) is 13.6 Å². The lowest BCUT2D eigenvalue weighted by Gasteiger charge is -2.31. The number of carbonyl (C=O) groups is 2. The van der Waals surface area contributed by atoms with Crippen LogP contribution in [0.25, 0.3) is 0 Å². The molecule has 1 rings (SSSR count). The third-order valence-corrected chi connectivity index (χ3v) is 3.77. The first-order valence-electron chi connectivity index (χ1n) is 6.78. The zero-order valence-corrected chi connectivity index (χ0v) is 12.0. The highest BCUT2D eigenvalue weighted by Crippen LogP contribution is 2.19. The van der Waals surface area contributed by atoms with Gasteiger partial charge in [-0.3, -0.25) is 0 Å². The summed E-state index contributed by atoms with van der Waals surface area (Å²) in [4.78, 5) is 24.2. The van der Waals surface area contributed by atoms with Gasteiger partial charge in [-0.1, -0.05) is 11.6 Å². The smallest absolute Gasteiger partial charge is 0.329 e. The molecule has 1 aliphatic carbocycles. The van der Waals surface area contributed by atoms with Gasteiger partial charge in [0.1, 0.15) is 5.54 Å². The van der Waals surface area contributed by atoms with E-state index in [0.29, 0.717) is 6.54 Å². The molecule has 0 atom stereocenters. The van der Waals surface area contributed by atoms with Crippen molar-refractivity contribution in [1.82, 2.24) is 10.2 Å². The molecule has 2 amide bonds. The number of urea groups is 1. The number of carboxylic acids is 1. The van der Waals surface area contributed by atoms with Crippen molar-refractivity contribution in [1.29, 1.82) is 0 Å². The molecular formula is C14H24N2O3. The van der Waals surface area contributed by atoms with Crippen molar-refractivity contribution in [3.8, 4) is 0 Å². The van der Waals surface area contributed by atoms with Crippen LogP contribution in [0.3, 0.4) is 0 Å². The quantitative estimate of drug-likeness (QED) is 0.752. The number of carboxylic acid groups (broad SMARTS) is 1. The SMILES string of the molecule is CN(C(=O)NCCC1=CCCCC1)C(C)(C)C(=O)O. The largest absolute Gasteiger partial charge is 0.480 e. The monoisotopic (exact) mass is 268 g/mol. The first-order valence-corrected chi connectivity index (χ1v) is 6.78. The summed E-state index contributed by atoms with van der Waals surface area (Å²) < 4.78 is 0. The fraction of sp³-hybridized carbons (Fsp3) is 0.714. The summed E-state index contributed by atoms with van der Waals surface area (Å²) in [5, 5.41) is 11.8. The van der Waals surface area contributed by atoms with E-state index in [1.54, 1.807) is 0 Å². The Bertz CT molecular complexity index is 375. The van der Waals surface area contributed by atoms with Gasteiger partial charge in [0.05, 0.1) is 0 Å². The Morgan fingerprint density at radius 3 is 2.63 bits per heavy atom. The van der Waals surface area contributed by atoms with Crippen molar-refractivity contribution in [2.45, 2.75) is 51.5 Å². The third-order valence-electron chi connectivity index (χ3n) is 3.77. The van der Waals surface area contributed by atoms with Gasteiger partial charge in [0, 0.05) is 13.6 Å². The van der Waals surface area contributed by atoms with Crippen LogP contribution in [0, 0.1) is 0 Å². The van der Waals surface area contributed by atoms with Crippen molar-refractivity contribution in [2.24, 2.45) is 0 Å². The van der Waals surface area contributed by atoms with Gasteiger partial charge in [-0.15, -0.1) is 0 Å². The summed E-state index contributed by atoms with van der Waals surface area (Å²) in [6, 6.07) is -0.344. The normalized spacial score (nSPS) is 15.6. The number of nitrogens with zero attached hydrogens (tertiary/aromatic N) is 1. The van der Waals surface area contributed by atoms with E-state index < -0.39 is 11.5 Å². The standard InChI is InChI=1S/C14H24N2O3/c1-14(2,12(17)18)16(3)13(19)15-10-9-11-7-5-4-6-8-11/h7H,4-6,8-10H2,1-3H3,(H,15,19)(H,17,18). The lowest BCUT2D eigenvalue weighted by molar-refractivity contribution is -0.146. The number of hydrogen-bond acceptors (Lipinski definition) is 2. The first-order chi connectivity index (χ1) is 8.85. The van der Waals surface area contributed by atoms with Crippen LogP contribution in [0.2, 0.25) is 0 Å². The van der Waals surface area contributed by atoms with Gasteiger partial charge < -0.3 is 15.3 Å². The van der Waals surface area contributed by atoms with Crippen LogP contribution in [0.15, 0.2) is 11.6 Å². The summed E-state index contributed by atoms with van der Waals surface area (Å²) in [5.41, 5.74) is 0.195. The number of hydrogen-bond donors (Lipinski definition) is 2. The van der Waals surface area contributed by atoms with Crippen molar-refractivity contribution < 1.29 is 14.7 Å². The minimum Gasteiger partial charge on any atom is -0.480 e. The maximum absolute atomic E-state index is 11.9. The van der Waals surface area contributed by atoms with Crippen LogP contribution in [-0.2, 0) is 4.79 Å². The van der Waals surface area contributed by atoms with Gasteiger partial charge in [-0.2, -0.15) is 0 Å². The minimum absolute atomic E-state index is 0.344. The lowest BCUT2D eigenvalue weighted by atomic mass is 9.97. The molecule has 2 N–H and O–H groups in total. The average Bonchev–Trinajstić information content (AvgIpc) is 2.38. The van der Waals surface area contributed by atoms with E-state index in [9.17, 15) is 9.59 Å². The molecule has 0 fully saturated rings. The molecule has 0 radical (unpaired) electrons. The van der Waals surface area contributed by atoms with E-state index in [1.165, 1.54) is 44.2 Å². The average molecular weight is 268 g/mol. The van der Waals surface area contributed by atoms with Crippen LogP contribution < -0.4 is 5.32 Å². The first kappa shape index (κ1) is 15.5. The molecule has 0 aliphatic heterocycles. The van der Waals surface area contributed by atoms with Crippen molar-refractivity contribution in [3.05, 3.63) is 11.6 Å². The Hall–Kier alpha value is -1.52. The van der Waals surface area contributed by atoms with Crippen LogP contribution in [-0.4, -0.2) is 41.1 Å². The van der Waals surface area contributed by atoms with Gasteiger partial charge in [-0.05, 0) is 46.0 Å². The predicted molar refractivity (Wildman–Crippen MR) is 74.0 cm³/mol. The van der Waals surface area contributed by atoms with Crippen LogP contribution in [0.4, 0.5) is 4.79 Å². The fourth-order valence-electron chi connectivity index (χ4n) is 1.98. The summed E-state index contributed by atoms with van der Waals surface area (Å²) in [6.45, 7) is 3.59. The molecule has 0 saturated carbocycles. The molecule has 0 spiro atoms. The zero-order chi connectivity index (χ0) is 14.5. The van der Waals surface area contributed by atoms with Crippen LogP contribution in [0.5, 0.6) is 0 Å². The minimum atomic E-state index is -1.20. The number of nitrogens with one attached hydrogen (secondary N) is 1. The second-order valence-electron chi connectivity index (χ2n) is 5.51. The van der Waals surface area contributed by atoms with Crippen molar-refractivity contribution >= 4 is 12.0 Å². The molecule has 0 unspecified atom stereocenters. The van der Waals surface area contributed by atoms with E-state index in [0.717, 1.165) is 19.3 Å². The van der Waals surface area contributed by atoms with Gasteiger partial charge in [0.25, 0.3) is 0 Å². The van der Waals surface area contributed by atoms with Gasteiger partial charge in [-0.25, -0.2) is 9.59 Å². The van der Waals surface area contributed by atoms with Crippen molar-refractivity contribution in [3.63, 3.8) is 0 Å². The number of aliphatic carboxylic acids is 1. The Kier molecular flexibility index (Phi) is 5.39. The molecule has 0 aromatic carbocycles. The zero-order valence-electron chi connectivity index (χ0n) is 12.0. The van der Waals surface area contributed by atoms with E-state index in [2.05, 4.69) is 11.4 Å². The summed E-state index contributed by atoms with van der Waals surface area (Å²) in [6.07, 6.45) is 7.84. The fourth-order valence-corrected chi connectivity index (χ4v) is 1.98. The molecule has 0 bridgehead atoms. The molecule has 0 aromatic rings. The number of likely N-dealkylation sites (N-methyl/N-ethyl adjacent to an activating group) is 1. The molecule has 0 aromatic heterocycles. The summed E-state index contributed by atoms with van der Waals surface area (Å²) in [7, 11) is 1.50. The summed E-state index contributed by atoms with van der Waals surface area (Å²) >= 11 is 0. The molecule has 5 nitrogen and oxygen atoms in total. The topological polar surface area (TPSA) is 69.6 Å². The molecular weight excluding hydrogens is 244 g/mol. The highest BCUT2D eigenvalue weighted by atomic mass is 16.4. The second-order valence-corrected chi connectivity index (χ2v) is 5.51. The Balaban J connectivity index is 2.38. The maximum atomic E-state index is 11.9. The highest BCUT2D eigenvalue weighted by molar-refractivity contribution is 5.85. The maximum Gasteiger partial charge on any atom is 0.329 e. The third kappa shape index (κ3) is 4.26. The molecule has 0 heterocycles. The predicted octanol–water partition coefficient (Wildman–Crippen LogP) is 2.38. The Morgan fingerprint density at radius 2 is 2.11 bits per heavy atom. The number of carbonyl (C=O) groups excluding carboxylic acids is 1. The van der Waals surface area contributed by atoms with Gasteiger partial charge in [0.15, 0.2) is 0 Å². The summed E-state index contributed by atoms with van der Waals surface area (Å²) in [5.74, 6) is -1.01. The lowest BCUT2D eigenvalue weighted by Crippen LogP contribution is -2.54. The Morgan fingerprint density at radius 1 is 1.42 bits per heavy atom. The molecule has 0 saturated heterocycles.